The van der Waals surface area contributed by atoms with E-state index in [4.69, 9.17) is 9.47 Å². The van der Waals surface area contributed by atoms with Crippen LogP contribution < -0.4 is 14.8 Å². The summed E-state index contributed by atoms with van der Waals surface area (Å²) in [6.45, 7) is 1.83. The molecule has 2 rings (SSSR count). The Morgan fingerprint density at radius 2 is 1.83 bits per heavy atom. The fraction of sp³-hybridized carbons (Fsp3) is 0.316. The monoisotopic (exact) mass is 331 g/mol. The van der Waals surface area contributed by atoms with E-state index in [1.165, 1.54) is 13.2 Å². The number of aryl methyl sites for hydroxylation is 1. The summed E-state index contributed by atoms with van der Waals surface area (Å²) in [4.78, 5) is 12.1. The van der Waals surface area contributed by atoms with E-state index >= 15 is 0 Å². The fourth-order valence-corrected chi connectivity index (χ4v) is 2.40. The minimum absolute atomic E-state index is 0.0745. The molecule has 0 aliphatic carbocycles. The number of methoxy groups -OCH3 is 2. The van der Waals surface area contributed by atoms with Gasteiger partial charge in [-0.3, -0.25) is 4.79 Å². The van der Waals surface area contributed by atoms with Crippen molar-refractivity contribution in [2.75, 3.05) is 14.2 Å². The van der Waals surface area contributed by atoms with Gasteiger partial charge in [-0.1, -0.05) is 18.2 Å². The lowest BCUT2D eigenvalue weighted by atomic mass is 10.1. The van der Waals surface area contributed by atoms with E-state index in [1.807, 2.05) is 31.2 Å². The van der Waals surface area contributed by atoms with Gasteiger partial charge in [0.2, 0.25) is 5.91 Å². The predicted octanol–water partition coefficient (Wildman–Crippen LogP) is 3.65. The van der Waals surface area contributed by atoms with Crippen LogP contribution in [0.3, 0.4) is 0 Å². The van der Waals surface area contributed by atoms with Crippen LogP contribution in [-0.4, -0.2) is 20.1 Å². The molecular formula is C19H22FNO3. The Balaban J connectivity index is 1.87. The van der Waals surface area contributed by atoms with Gasteiger partial charge in [-0.2, -0.15) is 0 Å². The van der Waals surface area contributed by atoms with E-state index in [0.29, 0.717) is 18.4 Å². The average molecular weight is 331 g/mol. The van der Waals surface area contributed by atoms with Crippen LogP contribution in [0, 0.1) is 5.82 Å². The van der Waals surface area contributed by atoms with E-state index in [-0.39, 0.29) is 17.7 Å². The molecule has 24 heavy (non-hydrogen) atoms. The van der Waals surface area contributed by atoms with Crippen molar-refractivity contribution >= 4 is 5.91 Å². The lowest BCUT2D eigenvalue weighted by Crippen LogP contribution is -2.26. The number of ether oxygens (including phenoxy) is 2. The summed E-state index contributed by atoms with van der Waals surface area (Å²) in [6, 6.07) is 12.0. The van der Waals surface area contributed by atoms with Gasteiger partial charge in [-0.15, -0.1) is 0 Å². The highest BCUT2D eigenvalue weighted by atomic mass is 19.1. The molecule has 1 atom stereocenters. The van der Waals surface area contributed by atoms with Gasteiger partial charge in [-0.25, -0.2) is 4.39 Å². The first kappa shape index (κ1) is 17.8. The Bertz CT molecular complexity index is 686. The van der Waals surface area contributed by atoms with E-state index < -0.39 is 5.82 Å². The van der Waals surface area contributed by atoms with Crippen LogP contribution in [0.25, 0.3) is 0 Å². The number of carbonyl (C=O) groups excluding carboxylic acids is 1. The largest absolute Gasteiger partial charge is 0.497 e. The summed E-state index contributed by atoms with van der Waals surface area (Å²) in [5.74, 6) is 0.471. The standard InChI is InChI=1S/C19H22FNO3/c1-13(15-7-10-18(24-3)17(20)12-15)21-19(22)11-6-14-4-8-16(23-2)9-5-14/h4-5,7-10,12-13H,6,11H2,1-3H3,(H,21,22). The predicted molar refractivity (Wildman–Crippen MR) is 90.8 cm³/mol. The third kappa shape index (κ3) is 4.72. The molecule has 0 aromatic heterocycles. The fourth-order valence-electron chi connectivity index (χ4n) is 2.40. The first-order chi connectivity index (χ1) is 11.5. The maximum atomic E-state index is 13.7. The molecule has 2 aromatic carbocycles. The molecule has 0 aliphatic heterocycles. The molecule has 0 heterocycles. The number of hydrogen-bond acceptors (Lipinski definition) is 3. The lowest BCUT2D eigenvalue weighted by molar-refractivity contribution is -0.121. The minimum Gasteiger partial charge on any atom is -0.497 e. The zero-order chi connectivity index (χ0) is 17.5. The van der Waals surface area contributed by atoms with Crippen LogP contribution in [-0.2, 0) is 11.2 Å². The summed E-state index contributed by atoms with van der Waals surface area (Å²) in [6.07, 6.45) is 1.01. The SMILES string of the molecule is COc1ccc(CCC(=O)NC(C)c2ccc(OC)c(F)c2)cc1. The second-order valence-electron chi connectivity index (χ2n) is 5.53. The Kier molecular flexibility index (Phi) is 6.18. The smallest absolute Gasteiger partial charge is 0.220 e. The first-order valence-electron chi connectivity index (χ1n) is 7.79. The second kappa shape index (κ2) is 8.34. The van der Waals surface area contributed by atoms with Crippen LogP contribution in [0.4, 0.5) is 4.39 Å². The van der Waals surface area contributed by atoms with Gasteiger partial charge in [0.25, 0.3) is 0 Å². The maximum absolute atomic E-state index is 13.7. The quantitative estimate of drug-likeness (QED) is 0.842. The molecule has 0 fully saturated rings. The summed E-state index contributed by atoms with van der Waals surface area (Å²) in [5.41, 5.74) is 1.76. The molecule has 4 nitrogen and oxygen atoms in total. The zero-order valence-corrected chi connectivity index (χ0v) is 14.1. The van der Waals surface area contributed by atoms with Crippen molar-refractivity contribution in [2.45, 2.75) is 25.8 Å². The van der Waals surface area contributed by atoms with E-state index in [9.17, 15) is 9.18 Å². The summed E-state index contributed by atoms with van der Waals surface area (Å²) >= 11 is 0. The summed E-state index contributed by atoms with van der Waals surface area (Å²) in [7, 11) is 3.04. The maximum Gasteiger partial charge on any atom is 0.220 e. The summed E-state index contributed by atoms with van der Waals surface area (Å²) < 4.78 is 23.7. The Morgan fingerprint density at radius 1 is 1.12 bits per heavy atom. The Labute approximate surface area is 141 Å². The number of benzene rings is 2. The molecule has 0 bridgehead atoms. The highest BCUT2D eigenvalue weighted by Crippen LogP contribution is 2.21. The van der Waals surface area contributed by atoms with Crippen molar-refractivity contribution in [3.8, 4) is 11.5 Å². The molecule has 1 amide bonds. The minimum atomic E-state index is -0.436. The van der Waals surface area contributed by atoms with Crippen LogP contribution in [0.5, 0.6) is 11.5 Å². The molecule has 0 spiro atoms. The lowest BCUT2D eigenvalue weighted by Gasteiger charge is -2.15. The van der Waals surface area contributed by atoms with Crippen LogP contribution in [0.2, 0.25) is 0 Å². The van der Waals surface area contributed by atoms with Crippen molar-refractivity contribution in [3.05, 3.63) is 59.4 Å². The zero-order valence-electron chi connectivity index (χ0n) is 14.1. The second-order valence-corrected chi connectivity index (χ2v) is 5.53. The number of rotatable bonds is 7. The van der Waals surface area contributed by atoms with Crippen LogP contribution in [0.15, 0.2) is 42.5 Å². The van der Waals surface area contributed by atoms with Gasteiger partial charge in [0, 0.05) is 6.42 Å². The number of amides is 1. The Morgan fingerprint density at radius 3 is 2.42 bits per heavy atom. The molecule has 2 aromatic rings. The van der Waals surface area contributed by atoms with E-state index in [1.54, 1.807) is 19.2 Å². The van der Waals surface area contributed by atoms with Crippen molar-refractivity contribution in [3.63, 3.8) is 0 Å². The highest BCUT2D eigenvalue weighted by Gasteiger charge is 2.12. The first-order valence-corrected chi connectivity index (χ1v) is 7.79. The Hall–Kier alpha value is -2.56. The summed E-state index contributed by atoms with van der Waals surface area (Å²) in [5, 5.41) is 2.88. The molecule has 1 N–H and O–H groups in total. The van der Waals surface area contributed by atoms with Crippen LogP contribution >= 0.6 is 0 Å². The molecule has 0 aliphatic rings. The van der Waals surface area contributed by atoms with Gasteiger partial charge < -0.3 is 14.8 Å². The number of halogens is 1. The number of carbonyl (C=O) groups is 1. The highest BCUT2D eigenvalue weighted by molar-refractivity contribution is 5.76. The van der Waals surface area contributed by atoms with E-state index in [0.717, 1.165) is 11.3 Å². The number of nitrogens with one attached hydrogen (secondary N) is 1. The van der Waals surface area contributed by atoms with Crippen molar-refractivity contribution in [1.82, 2.24) is 5.32 Å². The topological polar surface area (TPSA) is 47.6 Å². The molecule has 128 valence electrons. The molecule has 1 unspecified atom stereocenters. The van der Waals surface area contributed by atoms with Gasteiger partial charge in [0.1, 0.15) is 5.75 Å². The van der Waals surface area contributed by atoms with Crippen molar-refractivity contribution in [2.24, 2.45) is 0 Å². The van der Waals surface area contributed by atoms with Gasteiger partial charge in [0.05, 0.1) is 20.3 Å². The van der Waals surface area contributed by atoms with Gasteiger partial charge >= 0.3 is 0 Å². The van der Waals surface area contributed by atoms with E-state index in [2.05, 4.69) is 5.32 Å². The molecular weight excluding hydrogens is 309 g/mol. The van der Waals surface area contributed by atoms with Crippen LogP contribution in [0.1, 0.15) is 30.5 Å². The van der Waals surface area contributed by atoms with Gasteiger partial charge in [-0.05, 0) is 48.7 Å². The average Bonchev–Trinajstić information content (AvgIpc) is 2.60. The third-order valence-electron chi connectivity index (χ3n) is 3.85. The molecule has 0 saturated carbocycles. The molecule has 0 radical (unpaired) electrons. The van der Waals surface area contributed by atoms with Gasteiger partial charge in [0.15, 0.2) is 11.6 Å². The molecule has 5 heteroatoms. The van der Waals surface area contributed by atoms with Crippen molar-refractivity contribution in [1.29, 1.82) is 0 Å². The van der Waals surface area contributed by atoms with Crippen molar-refractivity contribution < 1.29 is 18.7 Å². The number of hydrogen-bond donors (Lipinski definition) is 1. The normalized spacial score (nSPS) is 11.7. The molecule has 0 saturated heterocycles. The third-order valence-corrected chi connectivity index (χ3v) is 3.85.